The fraction of sp³-hybridized carbons (Fsp3) is 0.600. The maximum absolute atomic E-state index is 12.9. The lowest BCUT2D eigenvalue weighted by Crippen LogP contribution is -2.38. The van der Waals surface area contributed by atoms with Crippen LogP contribution in [0.4, 0.5) is 5.69 Å². The van der Waals surface area contributed by atoms with Gasteiger partial charge in [-0.2, -0.15) is 0 Å². The van der Waals surface area contributed by atoms with Crippen LogP contribution in [0.1, 0.15) is 45.6 Å². The quantitative estimate of drug-likeness (QED) is 0.723. The number of benzene rings is 1. The zero-order valence-corrected chi connectivity index (χ0v) is 16.9. The fourth-order valence-corrected chi connectivity index (χ4v) is 6.99. The van der Waals surface area contributed by atoms with Crippen LogP contribution >= 0.6 is 23.5 Å². The van der Waals surface area contributed by atoms with E-state index < -0.39 is 0 Å². The molecule has 3 nitrogen and oxygen atoms in total. The summed E-state index contributed by atoms with van der Waals surface area (Å²) in [5.41, 5.74) is 3.00. The first-order valence-electron chi connectivity index (χ1n) is 9.05. The summed E-state index contributed by atoms with van der Waals surface area (Å²) in [6.45, 7) is 8.00. The van der Waals surface area contributed by atoms with Crippen molar-refractivity contribution in [3.05, 3.63) is 29.8 Å². The summed E-state index contributed by atoms with van der Waals surface area (Å²) < 4.78 is 1.03. The van der Waals surface area contributed by atoms with E-state index in [0.29, 0.717) is 28.5 Å². The summed E-state index contributed by atoms with van der Waals surface area (Å²) in [6.07, 6.45) is 3.55. The summed E-state index contributed by atoms with van der Waals surface area (Å²) in [7, 11) is 0. The Morgan fingerprint density at radius 3 is 2.96 bits per heavy atom. The van der Waals surface area contributed by atoms with Crippen LogP contribution in [0.2, 0.25) is 0 Å². The smallest absolute Gasteiger partial charge is 0.233 e. The maximum Gasteiger partial charge on any atom is 0.233 e. The highest BCUT2D eigenvalue weighted by Gasteiger charge is 2.50. The third-order valence-electron chi connectivity index (χ3n) is 5.61. The minimum Gasteiger partial charge on any atom is -0.338 e. The number of carbonyl (C=O) groups is 1. The van der Waals surface area contributed by atoms with Gasteiger partial charge in [-0.15, -0.1) is 0 Å². The van der Waals surface area contributed by atoms with Crippen molar-refractivity contribution in [3.8, 4) is 0 Å². The Hall–Kier alpha value is -0.940. The molecule has 1 amide bonds. The number of hydrogen-bond donors (Lipinski definition) is 0. The summed E-state index contributed by atoms with van der Waals surface area (Å²) in [6, 6.07) is 8.71. The summed E-state index contributed by atoms with van der Waals surface area (Å²) in [5, 5.41) is 0. The predicted octanol–water partition coefficient (Wildman–Crippen LogP) is 5.08. The van der Waals surface area contributed by atoms with Crippen molar-refractivity contribution < 1.29 is 4.79 Å². The maximum atomic E-state index is 12.9. The van der Waals surface area contributed by atoms with Gasteiger partial charge in [-0.1, -0.05) is 62.5 Å². The second kappa shape index (κ2) is 6.34. The molecule has 2 fully saturated rings. The number of carbonyl (C=O) groups excluding carboxylic acids is 1. The molecule has 134 valence electrons. The molecule has 1 aromatic carbocycles. The molecule has 4 rings (SSSR count). The van der Waals surface area contributed by atoms with Crippen LogP contribution in [0, 0.1) is 10.8 Å². The van der Waals surface area contributed by atoms with Gasteiger partial charge >= 0.3 is 0 Å². The Bertz CT molecular complexity index is 730. The molecular weight excluding hydrogens is 348 g/mol. The summed E-state index contributed by atoms with van der Waals surface area (Å²) in [4.78, 5) is 19.8. The molecule has 5 heteroatoms. The third-order valence-corrected chi connectivity index (χ3v) is 7.84. The van der Waals surface area contributed by atoms with Crippen molar-refractivity contribution >= 4 is 39.5 Å². The average Bonchev–Trinajstić information content (AvgIpc) is 2.81. The SMILES string of the molecule is CC1(C)C[C@@H]2C[C@@](C)(CN2C(=O)CSC2=Nc3ccccc3CS2)C1. The van der Waals surface area contributed by atoms with Gasteiger partial charge in [0.1, 0.15) is 4.38 Å². The van der Waals surface area contributed by atoms with Crippen LogP contribution in [0.15, 0.2) is 29.3 Å². The number of fused-ring (bicyclic) bond motifs is 3. The van der Waals surface area contributed by atoms with Gasteiger partial charge in [-0.3, -0.25) is 4.79 Å². The van der Waals surface area contributed by atoms with Crippen molar-refractivity contribution in [1.29, 1.82) is 0 Å². The molecule has 1 aliphatic carbocycles. The topological polar surface area (TPSA) is 32.7 Å². The van der Waals surface area contributed by atoms with Gasteiger partial charge in [-0.25, -0.2) is 4.99 Å². The molecule has 1 aromatic rings. The lowest BCUT2D eigenvalue weighted by Gasteiger charge is -2.39. The van der Waals surface area contributed by atoms with Crippen LogP contribution in [-0.2, 0) is 10.5 Å². The van der Waals surface area contributed by atoms with E-state index in [1.165, 1.54) is 18.4 Å². The van der Waals surface area contributed by atoms with Gasteiger partial charge in [0.15, 0.2) is 0 Å². The van der Waals surface area contributed by atoms with E-state index >= 15 is 0 Å². The highest BCUT2D eigenvalue weighted by atomic mass is 32.2. The minimum absolute atomic E-state index is 0.290. The first kappa shape index (κ1) is 17.5. The number of hydrogen-bond acceptors (Lipinski definition) is 4. The van der Waals surface area contributed by atoms with E-state index in [2.05, 4.69) is 43.9 Å². The van der Waals surface area contributed by atoms with E-state index in [1.54, 1.807) is 23.5 Å². The molecule has 2 atom stereocenters. The van der Waals surface area contributed by atoms with Crippen LogP contribution in [0.3, 0.4) is 0 Å². The number of likely N-dealkylation sites (tertiary alicyclic amines) is 1. The molecule has 2 aliphatic heterocycles. The van der Waals surface area contributed by atoms with Crippen LogP contribution in [0.5, 0.6) is 0 Å². The molecule has 1 saturated heterocycles. The number of thioether (sulfide) groups is 2. The monoisotopic (exact) mass is 374 g/mol. The Labute approximate surface area is 159 Å². The Morgan fingerprint density at radius 1 is 1.32 bits per heavy atom. The van der Waals surface area contributed by atoms with Crippen molar-refractivity contribution in [1.82, 2.24) is 4.90 Å². The molecule has 2 bridgehead atoms. The highest BCUT2D eigenvalue weighted by Crippen LogP contribution is 2.52. The molecule has 0 radical (unpaired) electrons. The second-order valence-electron chi connectivity index (χ2n) is 8.82. The van der Waals surface area contributed by atoms with Gasteiger partial charge in [0.25, 0.3) is 0 Å². The number of aliphatic imine (C=N–C) groups is 1. The molecule has 0 aromatic heterocycles. The molecule has 25 heavy (non-hydrogen) atoms. The van der Waals surface area contributed by atoms with Crippen molar-refractivity contribution in [2.45, 2.75) is 51.8 Å². The second-order valence-corrected chi connectivity index (χ2v) is 11.0. The van der Waals surface area contributed by atoms with Crippen molar-refractivity contribution in [2.24, 2.45) is 15.8 Å². The molecule has 3 aliphatic rings. The first-order chi connectivity index (χ1) is 11.8. The standard InChI is InChI=1S/C20H26N2OS2/c1-19(2)8-15-9-20(3,12-19)13-22(15)17(23)11-25-18-21-16-7-5-4-6-14(16)10-24-18/h4-7,15H,8-13H2,1-3H3/t15-,20-/m1/s1. The van der Waals surface area contributed by atoms with E-state index in [4.69, 9.17) is 4.99 Å². The molecule has 1 saturated carbocycles. The van der Waals surface area contributed by atoms with Gasteiger partial charge in [0.05, 0.1) is 11.4 Å². The van der Waals surface area contributed by atoms with E-state index in [-0.39, 0.29) is 0 Å². The highest BCUT2D eigenvalue weighted by molar-refractivity contribution is 8.38. The largest absolute Gasteiger partial charge is 0.338 e. The minimum atomic E-state index is 0.290. The van der Waals surface area contributed by atoms with Gasteiger partial charge in [0.2, 0.25) is 5.91 Å². The van der Waals surface area contributed by atoms with Gasteiger partial charge in [-0.05, 0) is 41.7 Å². The van der Waals surface area contributed by atoms with Crippen molar-refractivity contribution in [2.75, 3.05) is 12.3 Å². The van der Waals surface area contributed by atoms with E-state index in [9.17, 15) is 4.79 Å². The Morgan fingerprint density at radius 2 is 2.12 bits per heavy atom. The fourth-order valence-electron chi connectivity index (χ4n) is 5.04. The summed E-state index contributed by atoms with van der Waals surface area (Å²) in [5.74, 6) is 1.76. The van der Waals surface area contributed by atoms with Crippen molar-refractivity contribution in [3.63, 3.8) is 0 Å². The number of nitrogens with zero attached hydrogens (tertiary/aromatic N) is 2. The molecule has 0 N–H and O–H groups in total. The molecule has 0 spiro atoms. The molecule has 2 heterocycles. The average molecular weight is 375 g/mol. The van der Waals surface area contributed by atoms with Crippen LogP contribution in [-0.4, -0.2) is 33.5 Å². The lowest BCUT2D eigenvalue weighted by molar-refractivity contribution is -0.129. The number of amides is 1. The zero-order valence-electron chi connectivity index (χ0n) is 15.2. The lowest BCUT2D eigenvalue weighted by atomic mass is 9.65. The molecule has 0 unspecified atom stereocenters. The van der Waals surface area contributed by atoms with Crippen LogP contribution in [0.25, 0.3) is 0 Å². The Balaban J connectivity index is 1.40. The van der Waals surface area contributed by atoms with E-state index in [0.717, 1.165) is 28.8 Å². The van der Waals surface area contributed by atoms with Gasteiger partial charge < -0.3 is 4.90 Å². The zero-order chi connectivity index (χ0) is 17.7. The third kappa shape index (κ3) is 3.63. The van der Waals surface area contributed by atoms with Crippen LogP contribution < -0.4 is 0 Å². The Kier molecular flexibility index (Phi) is 4.43. The molecular formula is C20H26N2OS2. The predicted molar refractivity (Wildman–Crippen MR) is 109 cm³/mol. The normalized spacial score (nSPS) is 30.0. The number of para-hydroxylation sites is 1. The first-order valence-corrected chi connectivity index (χ1v) is 11.0. The summed E-state index contributed by atoms with van der Waals surface area (Å²) >= 11 is 3.36. The number of rotatable bonds is 2. The van der Waals surface area contributed by atoms with Gasteiger partial charge in [0, 0.05) is 18.3 Å². The van der Waals surface area contributed by atoms with E-state index in [1.807, 2.05) is 6.07 Å².